The summed E-state index contributed by atoms with van der Waals surface area (Å²) in [5.41, 5.74) is 2.83. The van der Waals surface area contributed by atoms with E-state index in [1.165, 1.54) is 0 Å². The van der Waals surface area contributed by atoms with Crippen molar-refractivity contribution >= 4 is 22.6 Å². The van der Waals surface area contributed by atoms with Gasteiger partial charge in [-0.1, -0.05) is 24.3 Å². The number of nitrogens with zero attached hydrogens (tertiary/aromatic N) is 1. The van der Waals surface area contributed by atoms with Crippen LogP contribution in [0.4, 0.5) is 0 Å². The van der Waals surface area contributed by atoms with Crippen LogP contribution in [0.3, 0.4) is 0 Å². The van der Waals surface area contributed by atoms with E-state index in [9.17, 15) is 9.59 Å². The van der Waals surface area contributed by atoms with Crippen LogP contribution >= 0.6 is 0 Å². The standard InChI is InChI=1S/C19H22N2O3/c1-12(9-17(22)20-2)21(3)10-13-7-8-14-11-24-19(23)16-6-4-5-15(13)18(14)16/h4-8,12H,9-11H2,1-3H3,(H,20,22)/t12-/m0/s1. The fourth-order valence-electron chi connectivity index (χ4n) is 3.14. The lowest BCUT2D eigenvalue weighted by Gasteiger charge is -2.26. The first-order chi connectivity index (χ1) is 11.5. The molecule has 2 aromatic rings. The minimum absolute atomic E-state index is 0.0361. The monoisotopic (exact) mass is 326 g/mol. The van der Waals surface area contributed by atoms with Gasteiger partial charge in [0.15, 0.2) is 0 Å². The largest absolute Gasteiger partial charge is 0.457 e. The maximum atomic E-state index is 12.0. The van der Waals surface area contributed by atoms with Crippen LogP contribution in [0.1, 0.15) is 34.8 Å². The van der Waals surface area contributed by atoms with Gasteiger partial charge in [0, 0.05) is 31.4 Å². The van der Waals surface area contributed by atoms with E-state index >= 15 is 0 Å². The molecule has 0 aromatic heterocycles. The van der Waals surface area contributed by atoms with Gasteiger partial charge in [-0.3, -0.25) is 9.69 Å². The molecule has 2 aromatic carbocycles. The normalized spacial score (nSPS) is 14.6. The third-order valence-corrected chi connectivity index (χ3v) is 4.73. The number of cyclic esters (lactones) is 1. The zero-order valence-corrected chi connectivity index (χ0v) is 14.3. The molecule has 1 amide bonds. The molecule has 0 saturated heterocycles. The summed E-state index contributed by atoms with van der Waals surface area (Å²) >= 11 is 0. The number of esters is 1. The van der Waals surface area contributed by atoms with Crippen molar-refractivity contribution in [1.82, 2.24) is 10.2 Å². The van der Waals surface area contributed by atoms with Crippen molar-refractivity contribution in [1.29, 1.82) is 0 Å². The number of carbonyl (C=O) groups is 2. The van der Waals surface area contributed by atoms with Crippen molar-refractivity contribution in [2.75, 3.05) is 14.1 Å². The summed E-state index contributed by atoms with van der Waals surface area (Å²) in [6.45, 7) is 3.08. The first-order valence-electron chi connectivity index (χ1n) is 8.12. The third-order valence-electron chi connectivity index (χ3n) is 4.73. The van der Waals surface area contributed by atoms with E-state index in [0.29, 0.717) is 25.1 Å². The Bertz CT molecular complexity index is 801. The van der Waals surface area contributed by atoms with E-state index in [2.05, 4.69) is 16.3 Å². The second kappa shape index (κ2) is 6.61. The van der Waals surface area contributed by atoms with Gasteiger partial charge in [-0.05, 0) is 36.6 Å². The SMILES string of the molecule is CNC(=O)C[C@H](C)N(C)Cc1ccc2c3c(cccc13)C(=O)OC2. The fraction of sp³-hybridized carbons (Fsp3) is 0.368. The second-order valence-corrected chi connectivity index (χ2v) is 6.33. The zero-order chi connectivity index (χ0) is 17.3. The molecule has 3 rings (SSSR count). The highest BCUT2D eigenvalue weighted by atomic mass is 16.5. The molecule has 0 spiro atoms. The molecule has 1 heterocycles. The molecule has 5 nitrogen and oxygen atoms in total. The van der Waals surface area contributed by atoms with Gasteiger partial charge in [0.25, 0.3) is 0 Å². The first-order valence-corrected chi connectivity index (χ1v) is 8.12. The van der Waals surface area contributed by atoms with E-state index in [4.69, 9.17) is 4.74 Å². The predicted octanol–water partition coefficient (Wildman–Crippen LogP) is 2.47. The van der Waals surface area contributed by atoms with Gasteiger partial charge in [0.05, 0.1) is 5.56 Å². The third kappa shape index (κ3) is 2.99. The molecule has 0 fully saturated rings. The highest BCUT2D eigenvalue weighted by Crippen LogP contribution is 2.31. The number of amides is 1. The minimum Gasteiger partial charge on any atom is -0.457 e. The first kappa shape index (κ1) is 16.5. The van der Waals surface area contributed by atoms with Crippen LogP contribution in [-0.4, -0.2) is 36.9 Å². The van der Waals surface area contributed by atoms with Gasteiger partial charge in [0.1, 0.15) is 6.61 Å². The Kier molecular flexibility index (Phi) is 4.53. The van der Waals surface area contributed by atoms with Crippen LogP contribution in [-0.2, 0) is 22.7 Å². The number of rotatable bonds is 5. The van der Waals surface area contributed by atoms with Crippen molar-refractivity contribution < 1.29 is 14.3 Å². The molecule has 5 heteroatoms. The number of hydrogen-bond donors (Lipinski definition) is 1. The maximum Gasteiger partial charge on any atom is 0.339 e. The van der Waals surface area contributed by atoms with Gasteiger partial charge in [-0.2, -0.15) is 0 Å². The van der Waals surface area contributed by atoms with Crippen molar-refractivity contribution in [3.63, 3.8) is 0 Å². The maximum absolute atomic E-state index is 12.0. The molecular formula is C19H22N2O3. The molecule has 0 aliphatic carbocycles. The summed E-state index contributed by atoms with van der Waals surface area (Å²) in [6, 6.07) is 10.0. The Morgan fingerprint density at radius 3 is 2.88 bits per heavy atom. The van der Waals surface area contributed by atoms with Crippen molar-refractivity contribution in [3.8, 4) is 0 Å². The van der Waals surface area contributed by atoms with Gasteiger partial charge in [0.2, 0.25) is 5.91 Å². The summed E-state index contributed by atoms with van der Waals surface area (Å²) in [5.74, 6) is -0.222. The molecule has 0 saturated carbocycles. The number of carbonyl (C=O) groups excluding carboxylic acids is 2. The van der Waals surface area contributed by atoms with Crippen LogP contribution in [0.5, 0.6) is 0 Å². The summed E-state index contributed by atoms with van der Waals surface area (Å²) in [6.07, 6.45) is 0.459. The molecular weight excluding hydrogens is 304 g/mol. The van der Waals surface area contributed by atoms with Gasteiger partial charge in [-0.25, -0.2) is 4.79 Å². The lowest BCUT2D eigenvalue weighted by atomic mass is 9.94. The van der Waals surface area contributed by atoms with Gasteiger partial charge >= 0.3 is 5.97 Å². The Hall–Kier alpha value is -2.40. The number of benzene rings is 2. The van der Waals surface area contributed by atoms with Crippen molar-refractivity contribution in [2.45, 2.75) is 32.5 Å². The smallest absolute Gasteiger partial charge is 0.339 e. The number of nitrogens with one attached hydrogen (secondary N) is 1. The minimum atomic E-state index is -0.258. The van der Waals surface area contributed by atoms with Crippen molar-refractivity contribution in [2.24, 2.45) is 0 Å². The zero-order valence-electron chi connectivity index (χ0n) is 14.3. The van der Waals surface area contributed by atoms with E-state index in [1.54, 1.807) is 7.05 Å². The number of ether oxygens (including phenoxy) is 1. The van der Waals surface area contributed by atoms with Crippen LogP contribution in [0.25, 0.3) is 10.8 Å². The lowest BCUT2D eigenvalue weighted by molar-refractivity contribution is -0.121. The molecule has 0 radical (unpaired) electrons. The molecule has 0 unspecified atom stereocenters. The van der Waals surface area contributed by atoms with Crippen LogP contribution in [0.15, 0.2) is 30.3 Å². The molecule has 1 aliphatic rings. The molecule has 1 aliphatic heterocycles. The highest BCUT2D eigenvalue weighted by Gasteiger charge is 2.22. The van der Waals surface area contributed by atoms with E-state index in [0.717, 1.165) is 21.9 Å². The van der Waals surface area contributed by atoms with E-state index < -0.39 is 0 Å². The van der Waals surface area contributed by atoms with Gasteiger partial charge < -0.3 is 10.1 Å². The van der Waals surface area contributed by atoms with Crippen molar-refractivity contribution in [3.05, 3.63) is 47.0 Å². The van der Waals surface area contributed by atoms with Crippen LogP contribution < -0.4 is 5.32 Å². The average molecular weight is 326 g/mol. The molecule has 1 atom stereocenters. The highest BCUT2D eigenvalue weighted by molar-refractivity contribution is 6.08. The van der Waals surface area contributed by atoms with Crippen LogP contribution in [0.2, 0.25) is 0 Å². The summed E-state index contributed by atoms with van der Waals surface area (Å²) in [4.78, 5) is 25.7. The Morgan fingerprint density at radius 1 is 1.33 bits per heavy atom. The average Bonchev–Trinajstić information content (AvgIpc) is 2.59. The second-order valence-electron chi connectivity index (χ2n) is 6.33. The summed E-state index contributed by atoms with van der Waals surface area (Å²) < 4.78 is 5.22. The van der Waals surface area contributed by atoms with Gasteiger partial charge in [-0.15, -0.1) is 0 Å². The van der Waals surface area contributed by atoms with E-state index in [1.807, 2.05) is 38.2 Å². The van der Waals surface area contributed by atoms with E-state index in [-0.39, 0.29) is 17.9 Å². The molecule has 126 valence electrons. The number of hydrogen-bond acceptors (Lipinski definition) is 4. The lowest BCUT2D eigenvalue weighted by Crippen LogP contribution is -2.33. The predicted molar refractivity (Wildman–Crippen MR) is 92.7 cm³/mol. The fourth-order valence-corrected chi connectivity index (χ4v) is 3.14. The molecule has 24 heavy (non-hydrogen) atoms. The quantitative estimate of drug-likeness (QED) is 0.858. The molecule has 1 N–H and O–H groups in total. The molecule has 0 bridgehead atoms. The Labute approximate surface area is 141 Å². The van der Waals surface area contributed by atoms with Crippen LogP contribution in [0, 0.1) is 0 Å². The Morgan fingerprint density at radius 2 is 2.12 bits per heavy atom. The summed E-state index contributed by atoms with van der Waals surface area (Å²) in [5, 5.41) is 4.74. The summed E-state index contributed by atoms with van der Waals surface area (Å²) in [7, 11) is 3.66. The Balaban J connectivity index is 1.92. The topological polar surface area (TPSA) is 58.6 Å².